The van der Waals surface area contributed by atoms with Gasteiger partial charge >= 0.3 is 6.09 Å². The molecule has 0 spiro atoms. The van der Waals surface area contributed by atoms with Crippen LogP contribution in [-0.2, 0) is 32.4 Å². The first kappa shape index (κ1) is 43.8. The van der Waals surface area contributed by atoms with Gasteiger partial charge in [0.05, 0.1) is 25.2 Å². The third-order valence-electron chi connectivity index (χ3n) is 9.22. The Hall–Kier alpha value is -5.95. The maximum Gasteiger partial charge on any atom is 0.407 e. The number of unbranched alkanes of at least 4 members (excludes halogenated alkanes) is 2. The summed E-state index contributed by atoms with van der Waals surface area (Å²) in [6.45, 7) is 6.61. The van der Waals surface area contributed by atoms with Crippen molar-refractivity contribution in [3.05, 3.63) is 113 Å². The summed E-state index contributed by atoms with van der Waals surface area (Å²) in [5, 5.41) is 9.38. The summed E-state index contributed by atoms with van der Waals surface area (Å²) in [4.78, 5) is 69.9. The van der Waals surface area contributed by atoms with Gasteiger partial charge in [0.1, 0.15) is 24.7 Å². The lowest BCUT2D eigenvalue weighted by Crippen LogP contribution is -2.48. The molecule has 13 nitrogen and oxygen atoms in total. The van der Waals surface area contributed by atoms with Crippen LogP contribution >= 0.6 is 0 Å². The van der Waals surface area contributed by atoms with Crippen molar-refractivity contribution in [3.8, 4) is 17.1 Å². The molecule has 0 fully saturated rings. The number of ketones is 1. The standard InChI is InChI=1S/C44H54N4O9/c1-4-7-10-20-37(38(5-2)48(31-49)56-29-33-18-13-9-14-19-33)42(51)46-30-47-43(52)41-23-22-40(57-41)35-25-34(26-36(27-35)54-6-3)39(50)21-15-24-45-44(53)55-28-32-16-11-8-12-17-32/h8-9,11-14,16-19,22-23,25-27,31,37-38H,4-7,10,15,20-21,24,28-30H2,1-3H3,(H,45,53)(H,46,51)(H,47,52)/t37-,38-/m1/s1. The molecule has 0 saturated heterocycles. The van der Waals surface area contributed by atoms with Gasteiger partial charge in [0, 0.05) is 24.1 Å². The van der Waals surface area contributed by atoms with Crippen LogP contribution in [0.15, 0.2) is 95.4 Å². The highest BCUT2D eigenvalue weighted by Gasteiger charge is 2.32. The molecule has 0 bridgehead atoms. The minimum absolute atomic E-state index is 0.00605. The van der Waals surface area contributed by atoms with E-state index in [4.69, 9.17) is 18.7 Å². The Morgan fingerprint density at radius 1 is 0.807 bits per heavy atom. The average Bonchev–Trinajstić information content (AvgIpc) is 3.74. The molecular formula is C44H54N4O9. The van der Waals surface area contributed by atoms with Gasteiger partial charge in [-0.1, -0.05) is 93.8 Å². The predicted octanol–water partition coefficient (Wildman–Crippen LogP) is 7.60. The smallest absolute Gasteiger partial charge is 0.407 e. The summed E-state index contributed by atoms with van der Waals surface area (Å²) >= 11 is 0. The molecular weight excluding hydrogens is 729 g/mol. The molecule has 0 radical (unpaired) electrons. The minimum Gasteiger partial charge on any atom is -0.494 e. The zero-order chi connectivity index (χ0) is 40.8. The van der Waals surface area contributed by atoms with Gasteiger partial charge in [0.15, 0.2) is 11.5 Å². The lowest BCUT2D eigenvalue weighted by atomic mass is 9.90. The number of ether oxygens (including phenoxy) is 2. The van der Waals surface area contributed by atoms with Gasteiger partial charge in [-0.25, -0.2) is 9.86 Å². The lowest BCUT2D eigenvalue weighted by Gasteiger charge is -2.32. The Labute approximate surface area is 334 Å². The zero-order valence-corrected chi connectivity index (χ0v) is 33.0. The number of nitrogens with zero attached hydrogens (tertiary/aromatic N) is 1. The number of hydrogen-bond acceptors (Lipinski definition) is 9. The second-order valence-electron chi connectivity index (χ2n) is 13.4. The van der Waals surface area contributed by atoms with E-state index < -0.39 is 24.0 Å². The summed E-state index contributed by atoms with van der Waals surface area (Å²) < 4.78 is 16.8. The summed E-state index contributed by atoms with van der Waals surface area (Å²) in [6, 6.07) is 26.5. The number of hydrogen-bond donors (Lipinski definition) is 3. The van der Waals surface area contributed by atoms with Crippen molar-refractivity contribution in [2.24, 2.45) is 5.92 Å². The molecule has 57 heavy (non-hydrogen) atoms. The molecule has 0 aliphatic carbocycles. The number of Topliss-reactive ketones (excluding diaryl/α,β-unsaturated/α-hetero) is 1. The Morgan fingerprint density at radius 3 is 2.19 bits per heavy atom. The highest BCUT2D eigenvalue weighted by atomic mass is 16.7. The van der Waals surface area contributed by atoms with Crippen molar-refractivity contribution in [3.63, 3.8) is 0 Å². The number of benzene rings is 3. The van der Waals surface area contributed by atoms with Crippen LogP contribution in [0, 0.1) is 5.92 Å². The molecule has 0 saturated carbocycles. The molecule has 2 atom stereocenters. The topological polar surface area (TPSA) is 166 Å². The van der Waals surface area contributed by atoms with E-state index in [1.807, 2.05) is 74.5 Å². The molecule has 1 heterocycles. The number of rotatable bonds is 25. The van der Waals surface area contributed by atoms with Crippen LogP contribution in [0.25, 0.3) is 11.3 Å². The highest BCUT2D eigenvalue weighted by Crippen LogP contribution is 2.29. The Kier molecular flexibility index (Phi) is 18.3. The van der Waals surface area contributed by atoms with E-state index in [9.17, 15) is 24.0 Å². The quantitative estimate of drug-likeness (QED) is 0.0202. The first-order valence-electron chi connectivity index (χ1n) is 19.6. The number of carbonyl (C=O) groups excluding carboxylic acids is 5. The van der Waals surface area contributed by atoms with E-state index in [1.54, 1.807) is 24.3 Å². The van der Waals surface area contributed by atoms with Gasteiger partial charge in [-0.15, -0.1) is 0 Å². The molecule has 0 aliphatic heterocycles. The number of hydroxylamine groups is 2. The van der Waals surface area contributed by atoms with Crippen molar-refractivity contribution in [1.82, 2.24) is 21.0 Å². The number of furan rings is 1. The fourth-order valence-corrected chi connectivity index (χ4v) is 6.24. The van der Waals surface area contributed by atoms with E-state index in [2.05, 4.69) is 22.9 Å². The third-order valence-corrected chi connectivity index (χ3v) is 9.22. The van der Waals surface area contributed by atoms with Crippen LogP contribution < -0.4 is 20.7 Å². The molecule has 3 N–H and O–H groups in total. The average molecular weight is 783 g/mol. The van der Waals surface area contributed by atoms with Gasteiger partial charge in [-0.05, 0) is 67.6 Å². The van der Waals surface area contributed by atoms with Crippen LogP contribution in [0.2, 0.25) is 0 Å². The van der Waals surface area contributed by atoms with Crippen molar-refractivity contribution in [2.45, 2.75) is 85.0 Å². The van der Waals surface area contributed by atoms with Crippen LogP contribution in [0.5, 0.6) is 5.75 Å². The molecule has 304 valence electrons. The first-order valence-corrected chi connectivity index (χ1v) is 19.6. The largest absolute Gasteiger partial charge is 0.494 e. The van der Waals surface area contributed by atoms with Crippen LogP contribution in [0.1, 0.15) is 97.8 Å². The van der Waals surface area contributed by atoms with Crippen molar-refractivity contribution < 1.29 is 42.7 Å². The number of amides is 4. The van der Waals surface area contributed by atoms with E-state index in [0.29, 0.717) is 54.9 Å². The molecule has 0 aliphatic rings. The van der Waals surface area contributed by atoms with E-state index >= 15 is 0 Å². The second kappa shape index (κ2) is 23.9. The van der Waals surface area contributed by atoms with Crippen molar-refractivity contribution in [1.29, 1.82) is 0 Å². The van der Waals surface area contributed by atoms with Crippen LogP contribution in [0.4, 0.5) is 4.79 Å². The van der Waals surface area contributed by atoms with E-state index in [0.717, 1.165) is 30.4 Å². The van der Waals surface area contributed by atoms with Crippen LogP contribution in [0.3, 0.4) is 0 Å². The summed E-state index contributed by atoms with van der Waals surface area (Å²) in [5.41, 5.74) is 2.70. The zero-order valence-electron chi connectivity index (χ0n) is 33.0. The molecule has 1 aromatic heterocycles. The Balaban J connectivity index is 1.32. The maximum absolute atomic E-state index is 13.6. The number of alkyl carbamates (subject to hydrolysis) is 1. The monoisotopic (exact) mass is 782 g/mol. The molecule has 3 aromatic carbocycles. The predicted molar refractivity (Wildman–Crippen MR) is 215 cm³/mol. The van der Waals surface area contributed by atoms with Gasteiger partial charge in [-0.3, -0.25) is 24.0 Å². The second-order valence-corrected chi connectivity index (χ2v) is 13.4. The van der Waals surface area contributed by atoms with Gasteiger partial charge in [-0.2, -0.15) is 0 Å². The van der Waals surface area contributed by atoms with E-state index in [1.165, 1.54) is 11.1 Å². The van der Waals surface area contributed by atoms with Crippen molar-refractivity contribution >= 4 is 30.1 Å². The van der Waals surface area contributed by atoms with Crippen LogP contribution in [-0.4, -0.2) is 61.0 Å². The van der Waals surface area contributed by atoms with Gasteiger partial charge < -0.3 is 29.8 Å². The summed E-state index contributed by atoms with van der Waals surface area (Å²) in [5.74, 6) is -0.776. The SMILES string of the molecule is CCCCC[C@@H](C(=O)NCNC(=O)c1ccc(-c2cc(OCC)cc(C(=O)CCCNC(=O)OCc3ccccc3)c2)o1)[C@@H](CC)N(C=O)OCc1ccccc1. The summed E-state index contributed by atoms with van der Waals surface area (Å²) in [7, 11) is 0. The molecule has 4 amide bonds. The fraction of sp³-hybridized carbons (Fsp3) is 0.386. The molecule has 13 heteroatoms. The summed E-state index contributed by atoms with van der Waals surface area (Å²) in [6.07, 6.45) is 4.33. The first-order chi connectivity index (χ1) is 27.8. The molecule has 4 rings (SSSR count). The fourth-order valence-electron chi connectivity index (χ4n) is 6.24. The highest BCUT2D eigenvalue weighted by molar-refractivity contribution is 5.98. The number of carbonyl (C=O) groups is 5. The Bertz CT molecular complexity index is 1870. The van der Waals surface area contributed by atoms with Gasteiger partial charge in [0.2, 0.25) is 12.3 Å². The maximum atomic E-state index is 13.6. The lowest BCUT2D eigenvalue weighted by molar-refractivity contribution is -0.200. The normalized spacial score (nSPS) is 11.8. The molecule has 0 unspecified atom stereocenters. The Morgan fingerprint density at radius 2 is 1.53 bits per heavy atom. The molecule has 4 aromatic rings. The third kappa shape index (κ3) is 14.3. The van der Waals surface area contributed by atoms with Gasteiger partial charge in [0.25, 0.3) is 5.91 Å². The van der Waals surface area contributed by atoms with Crippen molar-refractivity contribution in [2.75, 3.05) is 19.8 Å². The number of nitrogens with one attached hydrogen (secondary N) is 3. The minimum atomic E-state index is -0.568. The van der Waals surface area contributed by atoms with E-state index in [-0.39, 0.29) is 50.3 Å².